The Hall–Kier alpha value is -1.75. The lowest BCUT2D eigenvalue weighted by Gasteiger charge is -2.35. The third kappa shape index (κ3) is 3.53. The molecule has 1 heterocycles. The number of rotatable bonds is 5. The van der Waals surface area contributed by atoms with Crippen LogP contribution >= 0.6 is 0 Å². The van der Waals surface area contributed by atoms with Crippen LogP contribution in [0.1, 0.15) is 37.0 Å². The van der Waals surface area contributed by atoms with Gasteiger partial charge >= 0.3 is 5.97 Å². The van der Waals surface area contributed by atoms with Crippen LogP contribution in [-0.2, 0) is 4.74 Å². The third-order valence-electron chi connectivity index (χ3n) is 4.40. The van der Waals surface area contributed by atoms with Gasteiger partial charge in [0, 0.05) is 18.8 Å². The lowest BCUT2D eigenvalue weighted by Crippen LogP contribution is -2.86. The van der Waals surface area contributed by atoms with Crippen LogP contribution in [0.5, 0.6) is 11.5 Å². The summed E-state index contributed by atoms with van der Waals surface area (Å²) in [7, 11) is 3.08. The highest BCUT2D eigenvalue weighted by Gasteiger charge is 2.36. The van der Waals surface area contributed by atoms with Gasteiger partial charge in [-0.25, -0.2) is 4.79 Å². The summed E-state index contributed by atoms with van der Waals surface area (Å²) in [6.45, 7) is 6.17. The maximum Gasteiger partial charge on any atom is 0.342 e. The zero-order valence-electron chi connectivity index (χ0n) is 13.8. The van der Waals surface area contributed by atoms with Crippen molar-refractivity contribution in [2.45, 2.75) is 32.3 Å². The quantitative estimate of drug-likeness (QED) is 0.840. The number of benzene rings is 1. The van der Waals surface area contributed by atoms with Crippen molar-refractivity contribution >= 4 is 5.97 Å². The summed E-state index contributed by atoms with van der Waals surface area (Å²) in [5.74, 6) is 0.971. The van der Waals surface area contributed by atoms with Crippen LogP contribution in [0.3, 0.4) is 0 Å². The number of ether oxygens (including phenoxy) is 3. The molecule has 1 aliphatic heterocycles. The molecule has 1 aromatic rings. The van der Waals surface area contributed by atoms with E-state index < -0.39 is 5.60 Å². The standard InChI is InChI=1S/C17H25NO4/c1-17(2,12-8-10-18-11-9-12)22-16(19)13-6-5-7-14(20-3)15(13)21-4/h5-7,12,18H,8-11H2,1-4H3/p+1. The molecule has 0 amide bonds. The fourth-order valence-electron chi connectivity index (χ4n) is 3.05. The maximum atomic E-state index is 12.6. The Morgan fingerprint density at radius 2 is 1.86 bits per heavy atom. The molecule has 0 aliphatic carbocycles. The predicted molar refractivity (Wildman–Crippen MR) is 83.4 cm³/mol. The van der Waals surface area contributed by atoms with Gasteiger partial charge in [0.1, 0.15) is 11.2 Å². The van der Waals surface area contributed by atoms with Crippen LogP contribution in [0.2, 0.25) is 0 Å². The van der Waals surface area contributed by atoms with Gasteiger partial charge < -0.3 is 19.5 Å². The van der Waals surface area contributed by atoms with Crippen molar-refractivity contribution in [1.29, 1.82) is 0 Å². The molecule has 0 atom stereocenters. The first-order valence-corrected chi connectivity index (χ1v) is 7.75. The Bertz CT molecular complexity index is 521. The number of carbonyl (C=O) groups is 1. The number of methoxy groups -OCH3 is 2. The lowest BCUT2D eigenvalue weighted by molar-refractivity contribution is -0.665. The summed E-state index contributed by atoms with van der Waals surface area (Å²) < 4.78 is 16.4. The molecule has 0 saturated carbocycles. The van der Waals surface area contributed by atoms with E-state index in [-0.39, 0.29) is 5.97 Å². The zero-order valence-corrected chi connectivity index (χ0v) is 13.8. The molecule has 0 aromatic heterocycles. The number of carbonyl (C=O) groups excluding carboxylic acids is 1. The first-order chi connectivity index (χ1) is 10.5. The van der Waals surface area contributed by atoms with Crippen LogP contribution in [0.15, 0.2) is 18.2 Å². The van der Waals surface area contributed by atoms with Gasteiger partial charge in [-0.2, -0.15) is 0 Å². The average molecular weight is 308 g/mol. The minimum atomic E-state index is -0.487. The zero-order chi connectivity index (χ0) is 16.2. The normalized spacial score (nSPS) is 16.2. The minimum Gasteiger partial charge on any atom is -0.493 e. The second-order valence-electron chi connectivity index (χ2n) is 6.17. The minimum absolute atomic E-state index is 0.365. The van der Waals surface area contributed by atoms with Crippen molar-refractivity contribution in [2.24, 2.45) is 5.92 Å². The second kappa shape index (κ2) is 7.01. The van der Waals surface area contributed by atoms with Crippen molar-refractivity contribution < 1.29 is 24.3 Å². The Morgan fingerprint density at radius 3 is 2.45 bits per heavy atom. The highest BCUT2D eigenvalue weighted by molar-refractivity contribution is 5.93. The van der Waals surface area contributed by atoms with Gasteiger partial charge in [-0.3, -0.25) is 0 Å². The van der Waals surface area contributed by atoms with Crippen molar-refractivity contribution in [1.82, 2.24) is 0 Å². The molecular formula is C17H26NO4+. The van der Waals surface area contributed by atoms with E-state index in [0.29, 0.717) is 23.0 Å². The Kier molecular flexibility index (Phi) is 5.29. The Labute approximate surface area is 131 Å². The van der Waals surface area contributed by atoms with Crippen LogP contribution in [0.25, 0.3) is 0 Å². The number of quaternary nitrogens is 1. The van der Waals surface area contributed by atoms with Gasteiger partial charge in [0.15, 0.2) is 11.5 Å². The van der Waals surface area contributed by atoms with Crippen LogP contribution in [0, 0.1) is 5.92 Å². The predicted octanol–water partition coefficient (Wildman–Crippen LogP) is 1.61. The molecule has 5 heteroatoms. The van der Waals surface area contributed by atoms with E-state index in [2.05, 4.69) is 5.32 Å². The Morgan fingerprint density at radius 1 is 1.18 bits per heavy atom. The van der Waals surface area contributed by atoms with E-state index in [1.165, 1.54) is 7.11 Å². The monoisotopic (exact) mass is 308 g/mol. The molecule has 1 aromatic carbocycles. The van der Waals surface area contributed by atoms with E-state index in [0.717, 1.165) is 25.9 Å². The summed E-state index contributed by atoms with van der Waals surface area (Å²) in [5.41, 5.74) is -0.0864. The first-order valence-electron chi connectivity index (χ1n) is 7.75. The SMILES string of the molecule is COc1cccc(C(=O)OC(C)(C)C2CC[NH2+]CC2)c1OC. The smallest absolute Gasteiger partial charge is 0.342 e. The summed E-state index contributed by atoms with van der Waals surface area (Å²) in [5, 5.41) is 2.31. The number of para-hydroxylation sites is 1. The van der Waals surface area contributed by atoms with Crippen molar-refractivity contribution in [3.63, 3.8) is 0 Å². The van der Waals surface area contributed by atoms with Crippen molar-refractivity contribution in [2.75, 3.05) is 27.3 Å². The Balaban J connectivity index is 2.18. The molecule has 5 nitrogen and oxygen atoms in total. The van der Waals surface area contributed by atoms with E-state index >= 15 is 0 Å². The number of hydrogen-bond acceptors (Lipinski definition) is 4. The molecule has 1 aliphatic rings. The van der Waals surface area contributed by atoms with Gasteiger partial charge in [-0.1, -0.05) is 6.07 Å². The molecule has 0 spiro atoms. The van der Waals surface area contributed by atoms with Gasteiger partial charge in [-0.15, -0.1) is 0 Å². The number of piperidine rings is 1. The third-order valence-corrected chi connectivity index (χ3v) is 4.40. The summed E-state index contributed by atoms with van der Waals surface area (Å²) in [4.78, 5) is 12.6. The molecule has 1 saturated heterocycles. The fraction of sp³-hybridized carbons (Fsp3) is 0.588. The highest BCUT2D eigenvalue weighted by Crippen LogP contribution is 2.34. The second-order valence-corrected chi connectivity index (χ2v) is 6.17. The molecule has 0 unspecified atom stereocenters. The number of esters is 1. The first kappa shape index (κ1) is 16.6. The van der Waals surface area contributed by atoms with E-state index in [9.17, 15) is 4.79 Å². The van der Waals surface area contributed by atoms with Gasteiger partial charge in [0.25, 0.3) is 0 Å². The summed E-state index contributed by atoms with van der Waals surface area (Å²) in [6, 6.07) is 5.23. The lowest BCUT2D eigenvalue weighted by atomic mass is 9.83. The van der Waals surface area contributed by atoms with Gasteiger partial charge in [0.05, 0.1) is 27.3 Å². The fourth-order valence-corrected chi connectivity index (χ4v) is 3.05. The van der Waals surface area contributed by atoms with Crippen LogP contribution < -0.4 is 14.8 Å². The maximum absolute atomic E-state index is 12.6. The molecule has 0 radical (unpaired) electrons. The summed E-state index contributed by atoms with van der Waals surface area (Å²) in [6.07, 6.45) is 2.13. The van der Waals surface area contributed by atoms with Crippen LogP contribution in [0.4, 0.5) is 0 Å². The van der Waals surface area contributed by atoms with E-state index in [4.69, 9.17) is 14.2 Å². The molecule has 2 N–H and O–H groups in total. The number of hydrogen-bond donors (Lipinski definition) is 1. The summed E-state index contributed by atoms with van der Waals surface area (Å²) >= 11 is 0. The largest absolute Gasteiger partial charge is 0.493 e. The van der Waals surface area contributed by atoms with Gasteiger partial charge in [-0.05, 0) is 26.0 Å². The van der Waals surface area contributed by atoms with Crippen molar-refractivity contribution in [3.8, 4) is 11.5 Å². The van der Waals surface area contributed by atoms with Gasteiger partial charge in [0.2, 0.25) is 0 Å². The number of nitrogens with two attached hydrogens (primary N) is 1. The highest BCUT2D eigenvalue weighted by atomic mass is 16.6. The van der Waals surface area contributed by atoms with E-state index in [1.54, 1.807) is 25.3 Å². The molecular weight excluding hydrogens is 282 g/mol. The van der Waals surface area contributed by atoms with Crippen molar-refractivity contribution in [3.05, 3.63) is 23.8 Å². The molecule has 22 heavy (non-hydrogen) atoms. The average Bonchev–Trinajstić information content (AvgIpc) is 2.54. The topological polar surface area (TPSA) is 61.4 Å². The molecule has 0 bridgehead atoms. The van der Waals surface area contributed by atoms with E-state index in [1.807, 2.05) is 13.8 Å². The van der Waals surface area contributed by atoms with Crippen LogP contribution in [-0.4, -0.2) is 38.9 Å². The molecule has 122 valence electrons. The molecule has 2 rings (SSSR count). The molecule has 1 fully saturated rings.